The molecule has 0 bridgehead atoms. The molecule has 1 aliphatic heterocycles. The van der Waals surface area contributed by atoms with Gasteiger partial charge in [0, 0.05) is 51.8 Å². The quantitative estimate of drug-likeness (QED) is 0.444. The lowest BCUT2D eigenvalue weighted by Crippen LogP contribution is -2.48. The molecule has 0 radical (unpaired) electrons. The van der Waals surface area contributed by atoms with E-state index in [1.165, 1.54) is 17.9 Å². The SMILES string of the molecule is COc1ccc(OCCN(C)C(=O)c2ccc(N3CCN(C(C)=O)CC3)c([N+](=O)[O-])c2)cc1. The van der Waals surface area contributed by atoms with Gasteiger partial charge in [-0.3, -0.25) is 19.7 Å². The van der Waals surface area contributed by atoms with Crippen LogP contribution in [0.4, 0.5) is 11.4 Å². The standard InChI is InChI=1S/C23H28N4O6/c1-17(28)25-10-12-26(13-11-25)21-9-4-18(16-22(21)27(30)31)23(29)24(2)14-15-33-20-7-5-19(32-3)6-8-20/h4-9,16H,10-15H2,1-3H3. The summed E-state index contributed by atoms with van der Waals surface area (Å²) < 4.78 is 10.8. The lowest BCUT2D eigenvalue weighted by atomic mass is 10.1. The highest BCUT2D eigenvalue weighted by molar-refractivity contribution is 5.95. The van der Waals surface area contributed by atoms with E-state index in [2.05, 4.69) is 0 Å². The molecular formula is C23H28N4O6. The van der Waals surface area contributed by atoms with Crippen LogP contribution < -0.4 is 14.4 Å². The first kappa shape index (κ1) is 23.8. The minimum absolute atomic E-state index is 0.0101. The highest BCUT2D eigenvalue weighted by Crippen LogP contribution is 2.30. The van der Waals surface area contributed by atoms with Gasteiger partial charge in [-0.1, -0.05) is 0 Å². The molecule has 0 saturated carbocycles. The van der Waals surface area contributed by atoms with Crippen molar-refractivity contribution in [3.8, 4) is 11.5 Å². The van der Waals surface area contributed by atoms with Crippen LogP contribution in [0.3, 0.4) is 0 Å². The highest BCUT2D eigenvalue weighted by Gasteiger charge is 2.26. The van der Waals surface area contributed by atoms with Crippen molar-refractivity contribution in [1.29, 1.82) is 0 Å². The van der Waals surface area contributed by atoms with Gasteiger partial charge in [0.1, 0.15) is 23.8 Å². The number of nitro benzene ring substituents is 1. The molecule has 1 saturated heterocycles. The van der Waals surface area contributed by atoms with E-state index in [1.54, 1.807) is 55.5 Å². The fourth-order valence-corrected chi connectivity index (χ4v) is 3.63. The van der Waals surface area contributed by atoms with Crippen molar-refractivity contribution < 1.29 is 24.0 Å². The molecule has 1 fully saturated rings. The Kier molecular flexibility index (Phi) is 7.70. The minimum atomic E-state index is -0.476. The normalized spacial score (nSPS) is 13.4. The Bertz CT molecular complexity index is 1000. The van der Waals surface area contributed by atoms with E-state index >= 15 is 0 Å². The van der Waals surface area contributed by atoms with Crippen molar-refractivity contribution in [1.82, 2.24) is 9.80 Å². The Morgan fingerprint density at radius 2 is 1.70 bits per heavy atom. The topological polar surface area (TPSA) is 105 Å². The second-order valence-corrected chi connectivity index (χ2v) is 7.70. The Morgan fingerprint density at radius 3 is 2.27 bits per heavy atom. The molecule has 0 unspecified atom stereocenters. The number of nitro groups is 1. The van der Waals surface area contributed by atoms with Gasteiger partial charge in [-0.25, -0.2) is 0 Å². The maximum absolute atomic E-state index is 12.8. The zero-order valence-electron chi connectivity index (χ0n) is 19.0. The first-order valence-corrected chi connectivity index (χ1v) is 10.6. The molecular weight excluding hydrogens is 428 g/mol. The van der Waals surface area contributed by atoms with Gasteiger partial charge in [0.15, 0.2) is 0 Å². The Labute approximate surface area is 192 Å². The van der Waals surface area contributed by atoms with E-state index in [4.69, 9.17) is 9.47 Å². The van der Waals surface area contributed by atoms with Gasteiger partial charge in [-0.05, 0) is 36.4 Å². The van der Waals surface area contributed by atoms with Gasteiger partial charge in [0.05, 0.1) is 18.6 Å². The predicted molar refractivity (Wildman–Crippen MR) is 123 cm³/mol. The second kappa shape index (κ2) is 10.7. The summed E-state index contributed by atoms with van der Waals surface area (Å²) in [6, 6.07) is 11.6. The molecule has 176 valence electrons. The molecule has 0 N–H and O–H groups in total. The van der Waals surface area contributed by atoms with E-state index < -0.39 is 4.92 Å². The summed E-state index contributed by atoms with van der Waals surface area (Å²) in [7, 11) is 3.21. The molecule has 2 amide bonds. The molecule has 2 aromatic rings. The zero-order chi connectivity index (χ0) is 24.0. The molecule has 1 aliphatic rings. The third-order valence-corrected chi connectivity index (χ3v) is 5.59. The summed E-state index contributed by atoms with van der Waals surface area (Å²) in [6.07, 6.45) is 0. The number of ether oxygens (including phenoxy) is 2. The molecule has 0 aromatic heterocycles. The number of likely N-dealkylation sites (N-methyl/N-ethyl adjacent to an activating group) is 1. The van der Waals surface area contributed by atoms with Crippen LogP contribution in [0.15, 0.2) is 42.5 Å². The number of carbonyl (C=O) groups is 2. The summed E-state index contributed by atoms with van der Waals surface area (Å²) >= 11 is 0. The summed E-state index contributed by atoms with van der Waals surface area (Å²) in [5.74, 6) is 1.04. The number of rotatable bonds is 8. The van der Waals surface area contributed by atoms with Crippen molar-refractivity contribution in [2.75, 3.05) is 58.4 Å². The minimum Gasteiger partial charge on any atom is -0.497 e. The van der Waals surface area contributed by atoms with Crippen molar-refractivity contribution in [2.24, 2.45) is 0 Å². The summed E-state index contributed by atoms with van der Waals surface area (Å²) in [4.78, 5) is 40.6. The van der Waals surface area contributed by atoms with Crippen LogP contribution in [-0.4, -0.2) is 80.0 Å². The monoisotopic (exact) mass is 456 g/mol. The number of methoxy groups -OCH3 is 1. The first-order chi connectivity index (χ1) is 15.8. The third-order valence-electron chi connectivity index (χ3n) is 5.59. The number of anilines is 1. The van der Waals surface area contributed by atoms with Gasteiger partial charge >= 0.3 is 0 Å². The Balaban J connectivity index is 1.63. The number of piperazine rings is 1. The Hall–Kier alpha value is -3.82. The van der Waals surface area contributed by atoms with Gasteiger partial charge in [0.25, 0.3) is 11.6 Å². The van der Waals surface area contributed by atoms with Crippen molar-refractivity contribution in [3.05, 3.63) is 58.1 Å². The fraction of sp³-hybridized carbons (Fsp3) is 0.391. The summed E-state index contributed by atoms with van der Waals surface area (Å²) in [6.45, 7) is 4.10. The highest BCUT2D eigenvalue weighted by atomic mass is 16.6. The number of nitrogens with zero attached hydrogens (tertiary/aromatic N) is 4. The number of benzene rings is 2. The van der Waals surface area contributed by atoms with Gasteiger partial charge < -0.3 is 24.2 Å². The van der Waals surface area contributed by atoms with E-state index in [0.717, 1.165) is 5.75 Å². The predicted octanol–water partition coefficient (Wildman–Crippen LogP) is 2.42. The van der Waals surface area contributed by atoms with Crippen molar-refractivity contribution in [3.63, 3.8) is 0 Å². The maximum atomic E-state index is 12.8. The molecule has 0 atom stereocenters. The van der Waals surface area contributed by atoms with Gasteiger partial charge in [0.2, 0.25) is 5.91 Å². The number of hydrogen-bond donors (Lipinski definition) is 0. The first-order valence-electron chi connectivity index (χ1n) is 10.6. The largest absolute Gasteiger partial charge is 0.497 e. The summed E-state index contributed by atoms with van der Waals surface area (Å²) in [5, 5.41) is 11.7. The van der Waals surface area contributed by atoms with E-state index in [-0.39, 0.29) is 29.7 Å². The molecule has 2 aromatic carbocycles. The molecule has 1 heterocycles. The average molecular weight is 456 g/mol. The van der Waals surface area contributed by atoms with E-state index in [9.17, 15) is 19.7 Å². The Morgan fingerprint density at radius 1 is 1.06 bits per heavy atom. The lowest BCUT2D eigenvalue weighted by Gasteiger charge is -2.35. The van der Waals surface area contributed by atoms with Crippen LogP contribution >= 0.6 is 0 Å². The van der Waals surface area contributed by atoms with Crippen LogP contribution in [0.25, 0.3) is 0 Å². The van der Waals surface area contributed by atoms with Crippen molar-refractivity contribution >= 4 is 23.2 Å². The molecule has 10 nitrogen and oxygen atoms in total. The van der Waals surface area contributed by atoms with Crippen LogP contribution in [0, 0.1) is 10.1 Å². The van der Waals surface area contributed by atoms with Crippen LogP contribution in [0.2, 0.25) is 0 Å². The average Bonchev–Trinajstić information content (AvgIpc) is 2.83. The summed E-state index contributed by atoms with van der Waals surface area (Å²) in [5.41, 5.74) is 0.560. The molecule has 3 rings (SSSR count). The van der Waals surface area contributed by atoms with Crippen LogP contribution in [-0.2, 0) is 4.79 Å². The number of carbonyl (C=O) groups excluding carboxylic acids is 2. The van der Waals surface area contributed by atoms with Gasteiger partial charge in [-0.15, -0.1) is 0 Å². The molecule has 0 spiro atoms. The zero-order valence-corrected chi connectivity index (χ0v) is 19.0. The van der Waals surface area contributed by atoms with Gasteiger partial charge in [-0.2, -0.15) is 0 Å². The maximum Gasteiger partial charge on any atom is 0.293 e. The van der Waals surface area contributed by atoms with Crippen LogP contribution in [0.5, 0.6) is 11.5 Å². The van der Waals surface area contributed by atoms with E-state index in [0.29, 0.717) is 44.2 Å². The molecule has 0 aliphatic carbocycles. The fourth-order valence-electron chi connectivity index (χ4n) is 3.63. The lowest BCUT2D eigenvalue weighted by molar-refractivity contribution is -0.384. The molecule has 10 heteroatoms. The third kappa shape index (κ3) is 5.91. The smallest absolute Gasteiger partial charge is 0.293 e. The number of hydrogen-bond acceptors (Lipinski definition) is 7. The van der Waals surface area contributed by atoms with Crippen LogP contribution in [0.1, 0.15) is 17.3 Å². The molecule has 33 heavy (non-hydrogen) atoms. The number of amides is 2. The van der Waals surface area contributed by atoms with E-state index in [1.807, 2.05) is 4.90 Å². The second-order valence-electron chi connectivity index (χ2n) is 7.70. The van der Waals surface area contributed by atoms with Crippen molar-refractivity contribution in [2.45, 2.75) is 6.92 Å².